The Morgan fingerprint density at radius 1 is 1.42 bits per heavy atom. The molecule has 1 aromatic carbocycles. The molecule has 0 spiro atoms. The van der Waals surface area contributed by atoms with Crippen LogP contribution in [0.1, 0.15) is 24.0 Å². The van der Waals surface area contributed by atoms with Gasteiger partial charge < -0.3 is 15.2 Å². The van der Waals surface area contributed by atoms with E-state index in [9.17, 15) is 4.79 Å². The van der Waals surface area contributed by atoms with Gasteiger partial charge in [-0.05, 0) is 36.5 Å². The van der Waals surface area contributed by atoms with Gasteiger partial charge in [0.25, 0.3) is 0 Å². The monoisotopic (exact) mass is 303 g/mol. The van der Waals surface area contributed by atoms with Crippen LogP contribution in [0.5, 0.6) is 0 Å². The number of rotatable bonds is 5. The summed E-state index contributed by atoms with van der Waals surface area (Å²) >= 11 is 12.1. The molecule has 6 heteroatoms. The summed E-state index contributed by atoms with van der Waals surface area (Å²) in [7, 11) is 0. The number of hydrogen-bond donors (Lipinski definition) is 2. The van der Waals surface area contributed by atoms with E-state index >= 15 is 0 Å². The summed E-state index contributed by atoms with van der Waals surface area (Å²) in [5.74, 6) is 0. The molecule has 1 fully saturated rings. The number of ether oxygens (including phenoxy) is 1. The maximum absolute atomic E-state index is 11.4. The number of halogens is 2. The number of nitrogens with one attached hydrogen (secondary N) is 1. The molecule has 1 amide bonds. The fourth-order valence-electron chi connectivity index (χ4n) is 1.66. The maximum Gasteiger partial charge on any atom is 0.407 e. The van der Waals surface area contributed by atoms with E-state index in [1.807, 2.05) is 6.07 Å². The van der Waals surface area contributed by atoms with Crippen molar-refractivity contribution in [1.29, 1.82) is 0 Å². The Morgan fingerprint density at radius 3 is 2.79 bits per heavy atom. The minimum atomic E-state index is -0.442. The minimum Gasteiger partial charge on any atom is -0.446 e. The first-order chi connectivity index (χ1) is 9.10. The molecule has 1 aliphatic carbocycles. The molecule has 0 atom stereocenters. The molecule has 0 radical (unpaired) electrons. The first kappa shape index (κ1) is 14.4. The number of alkyl carbamates (subject to hydrolysis) is 1. The van der Waals surface area contributed by atoms with Crippen LogP contribution in [0.4, 0.5) is 4.79 Å². The van der Waals surface area contributed by atoms with Gasteiger partial charge in [-0.3, -0.25) is 0 Å². The Bertz CT molecular complexity index is 475. The lowest BCUT2D eigenvalue weighted by atomic mass is 10.1. The molecule has 2 rings (SSSR count). The summed E-state index contributed by atoms with van der Waals surface area (Å²) in [6.45, 7) is 0.290. The van der Waals surface area contributed by atoms with Crippen molar-refractivity contribution >= 4 is 29.3 Å². The number of aliphatic hydroxyl groups excluding tert-OH is 1. The topological polar surface area (TPSA) is 58.6 Å². The number of carbonyl (C=O) groups is 1. The molecule has 0 saturated heterocycles. The minimum absolute atomic E-state index is 0.0363. The normalized spacial score (nSPS) is 14.3. The average Bonchev–Trinajstić information content (AvgIpc) is 3.16. The van der Waals surface area contributed by atoms with E-state index in [1.54, 1.807) is 6.07 Å². The van der Waals surface area contributed by atoms with Crippen molar-refractivity contribution in [3.05, 3.63) is 33.3 Å². The largest absolute Gasteiger partial charge is 0.446 e. The lowest BCUT2D eigenvalue weighted by molar-refractivity contribution is 0.138. The standard InChI is InChI=1S/C13H15Cl2NO3/c14-11-6-8(3-4-17)5-9(12(11)15)7-16-13(18)19-10-1-2-10/h5-6,10,17H,1-4,7H2,(H,16,18). The van der Waals surface area contributed by atoms with Gasteiger partial charge in [-0.15, -0.1) is 0 Å². The third kappa shape index (κ3) is 4.27. The number of carbonyl (C=O) groups excluding carboxylic acids is 1. The molecular weight excluding hydrogens is 289 g/mol. The second kappa shape index (κ2) is 6.46. The van der Waals surface area contributed by atoms with Gasteiger partial charge >= 0.3 is 6.09 Å². The van der Waals surface area contributed by atoms with Crippen molar-refractivity contribution in [3.63, 3.8) is 0 Å². The van der Waals surface area contributed by atoms with Crippen molar-refractivity contribution in [2.24, 2.45) is 0 Å². The summed E-state index contributed by atoms with van der Waals surface area (Å²) < 4.78 is 5.06. The van der Waals surface area contributed by atoms with Crippen LogP contribution in [-0.4, -0.2) is 23.9 Å². The molecule has 4 nitrogen and oxygen atoms in total. The highest BCUT2D eigenvalue weighted by molar-refractivity contribution is 6.42. The van der Waals surface area contributed by atoms with Gasteiger partial charge in [0.15, 0.2) is 0 Å². The quantitative estimate of drug-likeness (QED) is 0.879. The van der Waals surface area contributed by atoms with Crippen LogP contribution in [-0.2, 0) is 17.7 Å². The highest BCUT2D eigenvalue weighted by Crippen LogP contribution is 2.28. The molecule has 0 unspecified atom stereocenters. The van der Waals surface area contributed by atoms with Crippen LogP contribution in [0.25, 0.3) is 0 Å². The molecule has 2 N–H and O–H groups in total. The zero-order valence-corrected chi connectivity index (χ0v) is 11.8. The van der Waals surface area contributed by atoms with Crippen LogP contribution in [0.2, 0.25) is 10.0 Å². The van der Waals surface area contributed by atoms with Gasteiger partial charge in [0.2, 0.25) is 0 Å². The van der Waals surface area contributed by atoms with Gasteiger partial charge in [0.1, 0.15) is 6.10 Å². The SMILES string of the molecule is O=C(NCc1cc(CCO)cc(Cl)c1Cl)OC1CC1. The number of amides is 1. The second-order valence-electron chi connectivity index (χ2n) is 4.48. The molecule has 1 aromatic rings. The Balaban J connectivity index is 1.99. The molecule has 0 heterocycles. The molecule has 104 valence electrons. The zero-order valence-electron chi connectivity index (χ0n) is 10.3. The predicted molar refractivity (Wildman–Crippen MR) is 73.6 cm³/mol. The van der Waals surface area contributed by atoms with E-state index in [0.717, 1.165) is 18.4 Å². The van der Waals surface area contributed by atoms with E-state index in [-0.39, 0.29) is 19.3 Å². The van der Waals surface area contributed by atoms with Crippen molar-refractivity contribution in [2.45, 2.75) is 31.9 Å². The third-order valence-electron chi connectivity index (χ3n) is 2.79. The van der Waals surface area contributed by atoms with Crippen molar-refractivity contribution in [2.75, 3.05) is 6.61 Å². The fraction of sp³-hybridized carbons (Fsp3) is 0.462. The first-order valence-electron chi connectivity index (χ1n) is 6.12. The molecule has 1 saturated carbocycles. The van der Waals surface area contributed by atoms with Crippen LogP contribution >= 0.6 is 23.2 Å². The van der Waals surface area contributed by atoms with Gasteiger partial charge in [-0.25, -0.2) is 4.79 Å². The van der Waals surface area contributed by atoms with Crippen LogP contribution < -0.4 is 5.32 Å². The summed E-state index contributed by atoms with van der Waals surface area (Å²) in [5, 5.41) is 12.4. The highest BCUT2D eigenvalue weighted by Gasteiger charge is 2.25. The fourth-order valence-corrected chi connectivity index (χ4v) is 2.09. The van der Waals surface area contributed by atoms with Crippen LogP contribution in [0.15, 0.2) is 12.1 Å². The molecule has 0 aromatic heterocycles. The van der Waals surface area contributed by atoms with E-state index in [1.165, 1.54) is 0 Å². The van der Waals surface area contributed by atoms with Crippen LogP contribution in [0, 0.1) is 0 Å². The Morgan fingerprint density at radius 2 is 2.16 bits per heavy atom. The lowest BCUT2D eigenvalue weighted by Crippen LogP contribution is -2.24. The van der Waals surface area contributed by atoms with E-state index in [0.29, 0.717) is 22.0 Å². The van der Waals surface area contributed by atoms with Gasteiger partial charge in [0.05, 0.1) is 10.0 Å². The second-order valence-corrected chi connectivity index (χ2v) is 5.27. The van der Waals surface area contributed by atoms with E-state index < -0.39 is 6.09 Å². The van der Waals surface area contributed by atoms with Gasteiger partial charge in [-0.1, -0.05) is 29.3 Å². The Labute approximate surface area is 121 Å². The average molecular weight is 304 g/mol. The van der Waals surface area contributed by atoms with Crippen molar-refractivity contribution < 1.29 is 14.6 Å². The highest BCUT2D eigenvalue weighted by atomic mass is 35.5. The first-order valence-corrected chi connectivity index (χ1v) is 6.88. The molecule has 0 bridgehead atoms. The van der Waals surface area contributed by atoms with E-state index in [4.69, 9.17) is 33.0 Å². The van der Waals surface area contributed by atoms with Gasteiger partial charge in [-0.2, -0.15) is 0 Å². The van der Waals surface area contributed by atoms with Gasteiger partial charge in [0, 0.05) is 13.2 Å². The summed E-state index contributed by atoms with van der Waals surface area (Å²) in [6, 6.07) is 3.54. The van der Waals surface area contributed by atoms with Crippen molar-refractivity contribution in [3.8, 4) is 0 Å². The lowest BCUT2D eigenvalue weighted by Gasteiger charge is -2.10. The summed E-state index contributed by atoms with van der Waals surface area (Å²) in [5.41, 5.74) is 1.59. The summed E-state index contributed by atoms with van der Waals surface area (Å²) in [4.78, 5) is 11.4. The number of benzene rings is 1. The number of aliphatic hydroxyl groups is 1. The molecule has 1 aliphatic rings. The maximum atomic E-state index is 11.4. The Hall–Kier alpha value is -0.970. The smallest absolute Gasteiger partial charge is 0.407 e. The Kier molecular flexibility index (Phi) is 4.91. The van der Waals surface area contributed by atoms with E-state index in [2.05, 4.69) is 5.32 Å². The molecule has 0 aliphatic heterocycles. The number of hydrogen-bond acceptors (Lipinski definition) is 3. The molecular formula is C13H15Cl2NO3. The van der Waals surface area contributed by atoms with Crippen molar-refractivity contribution in [1.82, 2.24) is 5.32 Å². The van der Waals surface area contributed by atoms with Crippen LogP contribution in [0.3, 0.4) is 0 Å². The summed E-state index contributed by atoms with van der Waals surface area (Å²) in [6.07, 6.45) is 2.00. The third-order valence-corrected chi connectivity index (χ3v) is 3.63. The zero-order chi connectivity index (χ0) is 13.8. The predicted octanol–water partition coefficient (Wildman–Crippen LogP) is 2.92. The molecule has 19 heavy (non-hydrogen) atoms.